The van der Waals surface area contributed by atoms with E-state index in [2.05, 4.69) is 10.6 Å². The van der Waals surface area contributed by atoms with E-state index in [1.165, 1.54) is 0 Å². The zero-order chi connectivity index (χ0) is 14.6. The minimum atomic E-state index is -0.571. The van der Waals surface area contributed by atoms with Crippen LogP contribution in [0.15, 0.2) is 24.3 Å². The van der Waals surface area contributed by atoms with Crippen molar-refractivity contribution in [1.82, 2.24) is 5.32 Å². The number of carbonyl (C=O) groups is 1. The third-order valence-electron chi connectivity index (χ3n) is 2.91. The highest BCUT2D eigenvalue weighted by Crippen LogP contribution is 2.21. The first-order valence-electron chi connectivity index (χ1n) is 6.49. The number of urea groups is 1. The second-order valence-electron chi connectivity index (χ2n) is 5.01. The molecule has 110 valence electrons. The Hall–Kier alpha value is -1.79. The van der Waals surface area contributed by atoms with Gasteiger partial charge in [0.25, 0.3) is 0 Å². The lowest BCUT2D eigenvalue weighted by Gasteiger charge is -2.17. The number of nitrogens with one attached hydrogen (secondary N) is 2. The van der Waals surface area contributed by atoms with Crippen LogP contribution in [0.3, 0.4) is 0 Å². The van der Waals surface area contributed by atoms with Gasteiger partial charge < -0.3 is 24.8 Å². The van der Waals surface area contributed by atoms with E-state index >= 15 is 0 Å². The van der Waals surface area contributed by atoms with E-state index in [9.17, 15) is 4.79 Å². The average Bonchev–Trinajstić information content (AvgIpc) is 2.77. The van der Waals surface area contributed by atoms with Gasteiger partial charge in [0.2, 0.25) is 0 Å². The highest BCUT2D eigenvalue weighted by atomic mass is 16.7. The number of anilines is 1. The molecule has 0 radical (unpaired) electrons. The molecular weight excluding hydrogens is 260 g/mol. The molecule has 0 spiro atoms. The number of ether oxygens (including phenoxy) is 3. The molecule has 1 atom stereocenters. The Balaban J connectivity index is 1.75. The van der Waals surface area contributed by atoms with E-state index in [-0.39, 0.29) is 12.1 Å². The third kappa shape index (κ3) is 4.11. The minimum Gasteiger partial charge on any atom is -0.497 e. The van der Waals surface area contributed by atoms with Gasteiger partial charge >= 0.3 is 6.03 Å². The van der Waals surface area contributed by atoms with Crippen LogP contribution in [0.2, 0.25) is 0 Å². The molecule has 0 bridgehead atoms. The molecule has 0 aliphatic carbocycles. The van der Waals surface area contributed by atoms with Gasteiger partial charge in [0, 0.05) is 12.2 Å². The molecule has 0 aromatic heterocycles. The summed E-state index contributed by atoms with van der Waals surface area (Å²) in [7, 11) is 1.60. The van der Waals surface area contributed by atoms with E-state index in [4.69, 9.17) is 14.2 Å². The summed E-state index contributed by atoms with van der Waals surface area (Å²) in [5, 5.41) is 5.49. The summed E-state index contributed by atoms with van der Waals surface area (Å²) < 4.78 is 16.1. The molecule has 1 fully saturated rings. The van der Waals surface area contributed by atoms with E-state index in [0.29, 0.717) is 18.8 Å². The van der Waals surface area contributed by atoms with Crippen molar-refractivity contribution in [2.24, 2.45) is 0 Å². The number of hydrogen-bond donors (Lipinski definition) is 2. The highest BCUT2D eigenvalue weighted by Gasteiger charge is 2.32. The van der Waals surface area contributed by atoms with Crippen LogP contribution in [-0.2, 0) is 9.47 Å². The molecule has 2 rings (SSSR count). The molecule has 1 aromatic rings. The molecular formula is C14H20N2O4. The summed E-state index contributed by atoms with van der Waals surface area (Å²) in [6, 6.07) is 6.84. The molecule has 6 nitrogen and oxygen atoms in total. The Morgan fingerprint density at radius 3 is 2.65 bits per heavy atom. The summed E-state index contributed by atoms with van der Waals surface area (Å²) in [4.78, 5) is 11.7. The number of methoxy groups -OCH3 is 1. The molecule has 1 aliphatic heterocycles. The highest BCUT2D eigenvalue weighted by molar-refractivity contribution is 5.89. The number of amides is 2. The topological polar surface area (TPSA) is 68.8 Å². The second kappa shape index (κ2) is 6.11. The quantitative estimate of drug-likeness (QED) is 0.884. The predicted octanol–water partition coefficient (Wildman–Crippen LogP) is 1.97. The SMILES string of the molecule is COc1ccc(NC(=O)NCC2COC(C)(C)O2)cc1. The molecule has 1 heterocycles. The van der Waals surface area contributed by atoms with Crippen molar-refractivity contribution >= 4 is 11.7 Å². The van der Waals surface area contributed by atoms with Crippen molar-refractivity contribution in [3.8, 4) is 5.75 Å². The van der Waals surface area contributed by atoms with Crippen molar-refractivity contribution in [3.05, 3.63) is 24.3 Å². The maximum absolute atomic E-state index is 11.7. The molecule has 1 saturated heterocycles. The first-order chi connectivity index (χ1) is 9.48. The van der Waals surface area contributed by atoms with Crippen LogP contribution in [-0.4, -0.2) is 38.2 Å². The van der Waals surface area contributed by atoms with Gasteiger partial charge in [0.15, 0.2) is 5.79 Å². The fourth-order valence-electron chi connectivity index (χ4n) is 1.92. The van der Waals surface area contributed by atoms with Crippen molar-refractivity contribution in [1.29, 1.82) is 0 Å². The normalized spacial score (nSPS) is 20.4. The molecule has 1 unspecified atom stereocenters. The van der Waals surface area contributed by atoms with Crippen molar-refractivity contribution < 1.29 is 19.0 Å². The first kappa shape index (κ1) is 14.6. The van der Waals surface area contributed by atoms with Crippen molar-refractivity contribution in [2.75, 3.05) is 25.6 Å². The zero-order valence-electron chi connectivity index (χ0n) is 11.9. The number of rotatable bonds is 4. The van der Waals surface area contributed by atoms with Crippen LogP contribution in [0.5, 0.6) is 5.75 Å². The van der Waals surface area contributed by atoms with Crippen molar-refractivity contribution in [3.63, 3.8) is 0 Å². The van der Waals surface area contributed by atoms with Gasteiger partial charge in [-0.25, -0.2) is 4.79 Å². The lowest BCUT2D eigenvalue weighted by molar-refractivity contribution is -0.137. The van der Waals surface area contributed by atoms with E-state index in [1.54, 1.807) is 31.4 Å². The molecule has 2 amide bonds. The van der Waals surface area contributed by atoms with Crippen LogP contribution in [0.1, 0.15) is 13.8 Å². The molecule has 0 saturated carbocycles. The van der Waals surface area contributed by atoms with Crippen LogP contribution < -0.4 is 15.4 Å². The Bertz CT molecular complexity index is 459. The Kier molecular flexibility index (Phi) is 4.46. The van der Waals surface area contributed by atoms with Gasteiger partial charge in [-0.15, -0.1) is 0 Å². The fourth-order valence-corrected chi connectivity index (χ4v) is 1.92. The largest absolute Gasteiger partial charge is 0.497 e. The maximum atomic E-state index is 11.7. The third-order valence-corrected chi connectivity index (χ3v) is 2.91. The molecule has 1 aromatic carbocycles. The summed E-state index contributed by atoms with van der Waals surface area (Å²) in [5.74, 6) is 0.174. The lowest BCUT2D eigenvalue weighted by Crippen LogP contribution is -2.37. The van der Waals surface area contributed by atoms with Crippen LogP contribution in [0.4, 0.5) is 10.5 Å². The molecule has 20 heavy (non-hydrogen) atoms. The van der Waals surface area contributed by atoms with Crippen LogP contribution in [0.25, 0.3) is 0 Å². The minimum absolute atomic E-state index is 0.119. The summed E-state index contributed by atoms with van der Waals surface area (Å²) in [6.07, 6.45) is -0.119. The lowest BCUT2D eigenvalue weighted by atomic mass is 10.3. The fraction of sp³-hybridized carbons (Fsp3) is 0.500. The maximum Gasteiger partial charge on any atom is 0.319 e. The van der Waals surface area contributed by atoms with Gasteiger partial charge in [0.05, 0.1) is 13.7 Å². The summed E-state index contributed by atoms with van der Waals surface area (Å²) in [5.41, 5.74) is 0.701. The predicted molar refractivity (Wildman–Crippen MR) is 74.9 cm³/mol. The first-order valence-corrected chi connectivity index (χ1v) is 6.49. The van der Waals surface area contributed by atoms with E-state index in [1.807, 2.05) is 13.8 Å². The van der Waals surface area contributed by atoms with Gasteiger partial charge in [-0.05, 0) is 38.1 Å². The van der Waals surface area contributed by atoms with Gasteiger partial charge in [-0.3, -0.25) is 0 Å². The van der Waals surface area contributed by atoms with Crippen molar-refractivity contribution in [2.45, 2.75) is 25.7 Å². The van der Waals surface area contributed by atoms with E-state index < -0.39 is 5.79 Å². The van der Waals surface area contributed by atoms with Gasteiger partial charge in [-0.2, -0.15) is 0 Å². The van der Waals surface area contributed by atoms with Crippen LogP contribution in [0, 0.1) is 0 Å². The molecule has 6 heteroatoms. The Morgan fingerprint density at radius 2 is 2.10 bits per heavy atom. The Labute approximate surface area is 118 Å². The van der Waals surface area contributed by atoms with Gasteiger partial charge in [0.1, 0.15) is 11.9 Å². The average molecular weight is 280 g/mol. The second-order valence-corrected chi connectivity index (χ2v) is 5.01. The standard InChI is InChI=1S/C14H20N2O4/c1-14(2)19-9-12(20-14)8-15-13(17)16-10-4-6-11(18-3)7-5-10/h4-7,12H,8-9H2,1-3H3,(H2,15,16,17). The number of carbonyl (C=O) groups excluding carboxylic acids is 1. The zero-order valence-corrected chi connectivity index (χ0v) is 11.9. The van der Waals surface area contributed by atoms with Crippen LogP contribution >= 0.6 is 0 Å². The smallest absolute Gasteiger partial charge is 0.319 e. The number of benzene rings is 1. The summed E-state index contributed by atoms with van der Waals surface area (Å²) in [6.45, 7) is 4.59. The molecule has 2 N–H and O–H groups in total. The molecule has 1 aliphatic rings. The summed E-state index contributed by atoms with van der Waals surface area (Å²) >= 11 is 0. The Morgan fingerprint density at radius 1 is 1.40 bits per heavy atom. The monoisotopic (exact) mass is 280 g/mol. The van der Waals surface area contributed by atoms with Gasteiger partial charge in [-0.1, -0.05) is 0 Å². The number of hydrogen-bond acceptors (Lipinski definition) is 4. The van der Waals surface area contributed by atoms with E-state index in [0.717, 1.165) is 5.75 Å².